The molecule has 0 saturated carbocycles. The van der Waals surface area contributed by atoms with Gasteiger partial charge in [0.1, 0.15) is 12.3 Å². The van der Waals surface area contributed by atoms with Crippen LogP contribution in [0.5, 0.6) is 5.75 Å². The highest BCUT2D eigenvalue weighted by Crippen LogP contribution is 2.27. The second-order valence-electron chi connectivity index (χ2n) is 6.62. The van der Waals surface area contributed by atoms with Crippen molar-refractivity contribution < 1.29 is 9.53 Å². The summed E-state index contributed by atoms with van der Waals surface area (Å²) >= 11 is 5.83. The minimum atomic E-state index is -0.846. The molecule has 154 valence electrons. The van der Waals surface area contributed by atoms with Gasteiger partial charge in [0, 0.05) is 29.5 Å². The number of nitrogens with zero attached hydrogens (tertiary/aromatic N) is 4. The monoisotopic (exact) mass is 427 g/mol. The topological polar surface area (TPSA) is 98.5 Å². The van der Waals surface area contributed by atoms with E-state index < -0.39 is 17.0 Å². The van der Waals surface area contributed by atoms with Crippen LogP contribution in [0, 0.1) is 0 Å². The molecule has 2 heterocycles. The van der Waals surface area contributed by atoms with Gasteiger partial charge in [-0.1, -0.05) is 11.6 Å². The molecule has 0 saturated heterocycles. The van der Waals surface area contributed by atoms with E-state index >= 15 is 0 Å². The average Bonchev–Trinajstić information content (AvgIpc) is 3.17. The lowest BCUT2D eigenvalue weighted by molar-refractivity contribution is -0.117. The maximum atomic E-state index is 12.5. The summed E-state index contributed by atoms with van der Waals surface area (Å²) in [5, 5.41) is 7.48. The Bertz CT molecular complexity index is 1200. The van der Waals surface area contributed by atoms with Gasteiger partial charge in [-0.25, -0.2) is 4.68 Å². The maximum absolute atomic E-state index is 12.5. The van der Waals surface area contributed by atoms with E-state index in [4.69, 9.17) is 16.3 Å². The fraction of sp³-hybridized carbons (Fsp3) is 0.200. The van der Waals surface area contributed by atoms with E-state index in [1.54, 1.807) is 43.5 Å². The lowest BCUT2D eigenvalue weighted by Crippen LogP contribution is -2.44. The fourth-order valence-electron chi connectivity index (χ4n) is 3.21. The van der Waals surface area contributed by atoms with E-state index in [0.717, 1.165) is 10.4 Å². The van der Waals surface area contributed by atoms with Crippen LogP contribution in [0.15, 0.2) is 58.1 Å². The van der Waals surface area contributed by atoms with Crippen LogP contribution >= 0.6 is 11.6 Å². The molecular weight excluding hydrogens is 410 g/mol. The number of benzene rings is 2. The first-order valence-corrected chi connectivity index (χ1v) is 9.53. The molecule has 10 heteroatoms. The van der Waals surface area contributed by atoms with Gasteiger partial charge in [0.05, 0.1) is 7.11 Å². The first-order valence-electron chi connectivity index (χ1n) is 9.15. The summed E-state index contributed by atoms with van der Waals surface area (Å²) in [4.78, 5) is 39.1. The molecule has 1 aliphatic heterocycles. The number of rotatable bonds is 5. The van der Waals surface area contributed by atoms with Crippen molar-refractivity contribution in [3.63, 3.8) is 0 Å². The van der Waals surface area contributed by atoms with Gasteiger partial charge in [-0.3, -0.25) is 19.0 Å². The van der Waals surface area contributed by atoms with Gasteiger partial charge in [0.15, 0.2) is 0 Å². The third-order valence-electron chi connectivity index (χ3n) is 4.71. The lowest BCUT2D eigenvalue weighted by atomic mass is 10.3. The fourth-order valence-corrected chi connectivity index (χ4v) is 3.33. The first kappa shape index (κ1) is 19.7. The second-order valence-corrected chi connectivity index (χ2v) is 7.06. The van der Waals surface area contributed by atoms with Gasteiger partial charge in [-0.2, -0.15) is 0 Å². The quantitative estimate of drug-likeness (QED) is 0.624. The molecule has 0 aliphatic carbocycles. The van der Waals surface area contributed by atoms with Gasteiger partial charge < -0.3 is 15.0 Å². The molecule has 1 aromatic heterocycles. The zero-order valence-electron chi connectivity index (χ0n) is 16.0. The number of aromatic nitrogens is 3. The Labute approximate surface area is 176 Å². The number of anilines is 3. The smallest absolute Gasteiger partial charge is 0.333 e. The molecule has 0 atom stereocenters. The Hall–Kier alpha value is -3.59. The van der Waals surface area contributed by atoms with E-state index in [1.165, 1.54) is 4.57 Å². The minimum absolute atomic E-state index is 0.309. The minimum Gasteiger partial charge on any atom is -0.497 e. The molecular formula is C20H18ClN5O4. The highest BCUT2D eigenvalue weighted by molar-refractivity contribution is 6.30. The number of amides is 1. The number of carbonyl (C=O) groups is 1. The third kappa shape index (κ3) is 3.79. The van der Waals surface area contributed by atoms with E-state index in [1.807, 2.05) is 17.0 Å². The van der Waals surface area contributed by atoms with E-state index in [-0.39, 0.29) is 6.54 Å². The number of carbonyl (C=O) groups excluding carboxylic acids is 1. The number of hydrogen-bond donors (Lipinski definition) is 1. The molecule has 0 bridgehead atoms. The van der Waals surface area contributed by atoms with Crippen molar-refractivity contribution >= 4 is 34.8 Å². The summed E-state index contributed by atoms with van der Waals surface area (Å²) in [5.41, 5.74) is -0.239. The number of methoxy groups -OCH3 is 1. The zero-order valence-corrected chi connectivity index (χ0v) is 16.8. The normalized spacial score (nSPS) is 12.5. The summed E-state index contributed by atoms with van der Waals surface area (Å²) in [6, 6.07) is 13.8. The Morgan fingerprint density at radius 2 is 1.77 bits per heavy atom. The molecule has 0 radical (unpaired) electrons. The maximum Gasteiger partial charge on any atom is 0.333 e. The molecule has 0 spiro atoms. The van der Waals surface area contributed by atoms with Crippen LogP contribution in [0.1, 0.15) is 0 Å². The van der Waals surface area contributed by atoms with Gasteiger partial charge in [0.25, 0.3) is 0 Å². The standard InChI is InChI=1S/C20H18ClN5O4/c1-30-16-8-6-15(7-9-16)24-10-11-25-18(28)19(29)26(23-20(24)25)12-17(27)22-14-4-2-13(21)3-5-14/h2-9H,10-12H2,1H3,(H,22,27). The molecule has 0 unspecified atom stereocenters. The molecule has 1 N–H and O–H groups in total. The summed E-state index contributed by atoms with van der Waals surface area (Å²) in [5.74, 6) is 0.529. The third-order valence-corrected chi connectivity index (χ3v) is 4.96. The number of hydrogen-bond acceptors (Lipinski definition) is 6. The molecule has 9 nitrogen and oxygen atoms in total. The van der Waals surface area contributed by atoms with Gasteiger partial charge in [-0.15, -0.1) is 5.10 Å². The van der Waals surface area contributed by atoms with Crippen LogP contribution in [0.2, 0.25) is 5.02 Å². The Morgan fingerprint density at radius 3 is 2.43 bits per heavy atom. The van der Waals surface area contributed by atoms with Crippen LogP contribution in [0.3, 0.4) is 0 Å². The van der Waals surface area contributed by atoms with Gasteiger partial charge >= 0.3 is 11.1 Å². The van der Waals surface area contributed by atoms with Crippen LogP contribution in [0.4, 0.5) is 17.3 Å². The second kappa shape index (κ2) is 8.03. The Morgan fingerprint density at radius 1 is 1.07 bits per heavy atom. The van der Waals surface area contributed by atoms with E-state index in [2.05, 4.69) is 10.4 Å². The predicted octanol–water partition coefficient (Wildman–Crippen LogP) is 1.86. The number of fused-ring (bicyclic) bond motifs is 1. The average molecular weight is 428 g/mol. The number of nitrogens with one attached hydrogen (secondary N) is 1. The van der Waals surface area contributed by atoms with Crippen molar-refractivity contribution in [2.75, 3.05) is 23.9 Å². The molecule has 30 heavy (non-hydrogen) atoms. The van der Waals surface area contributed by atoms with E-state index in [9.17, 15) is 14.4 Å². The lowest BCUT2D eigenvalue weighted by Gasteiger charge is -2.18. The van der Waals surface area contributed by atoms with Crippen molar-refractivity contribution in [1.29, 1.82) is 0 Å². The summed E-state index contributed by atoms with van der Waals surface area (Å²) in [7, 11) is 1.58. The molecule has 2 aromatic carbocycles. The molecule has 0 fully saturated rings. The van der Waals surface area contributed by atoms with Crippen LogP contribution in [-0.2, 0) is 17.9 Å². The molecule has 1 amide bonds. The summed E-state index contributed by atoms with van der Waals surface area (Å²) < 4.78 is 7.38. The van der Waals surface area contributed by atoms with Crippen molar-refractivity contribution in [2.24, 2.45) is 0 Å². The highest BCUT2D eigenvalue weighted by Gasteiger charge is 2.26. The summed E-state index contributed by atoms with van der Waals surface area (Å²) in [6.45, 7) is 0.427. The molecule has 1 aliphatic rings. The van der Waals surface area contributed by atoms with Gasteiger partial charge in [-0.05, 0) is 48.5 Å². The van der Waals surface area contributed by atoms with Crippen molar-refractivity contribution in [2.45, 2.75) is 13.1 Å². The largest absolute Gasteiger partial charge is 0.497 e. The zero-order chi connectivity index (χ0) is 21.3. The van der Waals surface area contributed by atoms with Crippen LogP contribution < -0.4 is 26.1 Å². The predicted molar refractivity (Wildman–Crippen MR) is 113 cm³/mol. The SMILES string of the molecule is COc1ccc(N2CCn3c2nn(CC(=O)Nc2ccc(Cl)cc2)c(=O)c3=O)cc1. The molecule has 3 aromatic rings. The van der Waals surface area contributed by atoms with Crippen LogP contribution in [0.25, 0.3) is 0 Å². The van der Waals surface area contributed by atoms with Crippen molar-refractivity contribution in [3.05, 3.63) is 74.3 Å². The molecule has 4 rings (SSSR count). The van der Waals surface area contributed by atoms with Crippen molar-refractivity contribution in [1.82, 2.24) is 14.3 Å². The first-order chi connectivity index (χ1) is 14.5. The summed E-state index contributed by atoms with van der Waals surface area (Å²) in [6.07, 6.45) is 0. The highest BCUT2D eigenvalue weighted by atomic mass is 35.5. The number of halogens is 1. The number of ether oxygens (including phenoxy) is 1. The Balaban J connectivity index is 1.61. The Kier molecular flexibility index (Phi) is 5.28. The van der Waals surface area contributed by atoms with Crippen LogP contribution in [-0.4, -0.2) is 33.9 Å². The van der Waals surface area contributed by atoms with Crippen molar-refractivity contribution in [3.8, 4) is 5.75 Å². The van der Waals surface area contributed by atoms with E-state index in [0.29, 0.717) is 35.5 Å². The van der Waals surface area contributed by atoms with Gasteiger partial charge in [0.2, 0.25) is 11.9 Å².